The van der Waals surface area contributed by atoms with Crippen molar-refractivity contribution < 1.29 is 12.6 Å². The Balaban J connectivity index is 0.000000293. The molecule has 0 aliphatic rings. The molecule has 0 radical (unpaired) electrons. The van der Waals surface area contributed by atoms with E-state index < -0.39 is 20.6 Å². The van der Waals surface area contributed by atoms with Gasteiger partial charge >= 0.3 is 0 Å². The van der Waals surface area contributed by atoms with E-state index in [0.717, 1.165) is 26.1 Å². The van der Waals surface area contributed by atoms with Crippen molar-refractivity contribution in [1.82, 2.24) is 13.1 Å². The van der Waals surface area contributed by atoms with Crippen LogP contribution in [0.25, 0.3) is 0 Å². The van der Waals surface area contributed by atoms with Crippen molar-refractivity contribution in [2.75, 3.05) is 17.3 Å². The second-order valence-electron chi connectivity index (χ2n) is 9.79. The van der Waals surface area contributed by atoms with Gasteiger partial charge in [-0.3, -0.25) is 4.21 Å². The summed E-state index contributed by atoms with van der Waals surface area (Å²) in [6.45, 7) is 24.3. The molecule has 0 bridgehead atoms. The molecule has 0 N–H and O–H groups in total. The first-order valence-corrected chi connectivity index (χ1v) is 19.5. The van der Waals surface area contributed by atoms with E-state index in [9.17, 15) is 12.6 Å². The van der Waals surface area contributed by atoms with Crippen molar-refractivity contribution in [3.63, 3.8) is 0 Å². The first-order chi connectivity index (χ1) is 18.1. The van der Waals surface area contributed by atoms with Crippen LogP contribution in [0.4, 0.5) is 0 Å². The van der Waals surface area contributed by atoms with Gasteiger partial charge in [-0.1, -0.05) is 62.3 Å². The van der Waals surface area contributed by atoms with Gasteiger partial charge in [0.05, 0.1) is 38.5 Å². The summed E-state index contributed by atoms with van der Waals surface area (Å²) in [5.74, 6) is 3.06. The molecule has 3 rings (SSSR count). The third-order valence-electron chi connectivity index (χ3n) is 5.61. The van der Waals surface area contributed by atoms with E-state index in [1.54, 1.807) is 18.5 Å². The van der Waals surface area contributed by atoms with Crippen LogP contribution in [0, 0.1) is 20.8 Å². The number of hydrogen-bond donors (Lipinski definition) is 0. The van der Waals surface area contributed by atoms with Gasteiger partial charge in [0, 0.05) is 25.3 Å². The number of nitrogens with zero attached hydrogens (tertiary/aromatic N) is 3. The van der Waals surface area contributed by atoms with E-state index in [4.69, 9.17) is 0 Å². The van der Waals surface area contributed by atoms with Gasteiger partial charge in [-0.2, -0.15) is 13.1 Å². The Morgan fingerprint density at radius 2 is 1.21 bits per heavy atom. The standard InChI is InChI=1S/C9H15NO2S2.C9H15NOS2.C9H15NS2/c1-5-14(11,12)9-7(4)13-10-8(9)6(2)3;1-5-13(11)9-7(4)12-10-8(9)6(2)3;1-5-11-9-7(4)12-10-8(9)6(2)3/h6H,5H2,1-4H3;6H,5H2,1-4H3;6H,5H2,1-4H3. The van der Waals surface area contributed by atoms with Crippen LogP contribution in [-0.4, -0.2) is 43.0 Å². The van der Waals surface area contributed by atoms with Crippen LogP contribution in [0.5, 0.6) is 0 Å². The summed E-state index contributed by atoms with van der Waals surface area (Å²) in [5.41, 5.74) is 3.02. The van der Waals surface area contributed by atoms with Crippen LogP contribution < -0.4 is 0 Å². The topological polar surface area (TPSA) is 89.9 Å². The SMILES string of the molecule is CCS(=O)(=O)c1c(C(C)C)nsc1C.CCS(=O)c1c(C(C)C)nsc1C.CCSc1c(C(C)C)nsc1C. The molecule has 0 spiro atoms. The molecule has 39 heavy (non-hydrogen) atoms. The van der Waals surface area contributed by atoms with Crippen molar-refractivity contribution in [2.24, 2.45) is 0 Å². The highest BCUT2D eigenvalue weighted by atomic mass is 32.2. The lowest BCUT2D eigenvalue weighted by atomic mass is 10.1. The Morgan fingerprint density at radius 1 is 0.744 bits per heavy atom. The minimum atomic E-state index is -3.11. The van der Waals surface area contributed by atoms with Crippen LogP contribution in [0.3, 0.4) is 0 Å². The van der Waals surface area contributed by atoms with E-state index in [0.29, 0.717) is 28.2 Å². The van der Waals surface area contributed by atoms with Crippen molar-refractivity contribution in [2.45, 2.75) is 116 Å². The van der Waals surface area contributed by atoms with E-state index in [2.05, 4.69) is 54.7 Å². The molecule has 1 atom stereocenters. The van der Waals surface area contributed by atoms with Gasteiger partial charge in [0.2, 0.25) is 0 Å². The van der Waals surface area contributed by atoms with Crippen molar-refractivity contribution in [1.29, 1.82) is 0 Å². The van der Waals surface area contributed by atoms with Gasteiger partial charge < -0.3 is 0 Å². The van der Waals surface area contributed by atoms with E-state index in [1.807, 2.05) is 46.4 Å². The van der Waals surface area contributed by atoms with E-state index in [1.165, 1.54) is 38.5 Å². The van der Waals surface area contributed by atoms with E-state index in [-0.39, 0.29) is 11.7 Å². The number of aromatic nitrogens is 3. The average Bonchev–Trinajstić information content (AvgIpc) is 3.56. The van der Waals surface area contributed by atoms with Crippen LogP contribution >= 0.6 is 46.4 Å². The zero-order valence-corrected chi connectivity index (χ0v) is 30.3. The Labute approximate surface area is 255 Å². The lowest BCUT2D eigenvalue weighted by Gasteiger charge is -2.06. The molecule has 0 fully saturated rings. The molecule has 0 aliphatic carbocycles. The molecule has 6 nitrogen and oxygen atoms in total. The first-order valence-electron chi connectivity index (χ1n) is 13.3. The van der Waals surface area contributed by atoms with E-state index >= 15 is 0 Å². The largest absolute Gasteiger partial charge is 0.254 e. The summed E-state index contributed by atoms with van der Waals surface area (Å²) >= 11 is 6.27. The summed E-state index contributed by atoms with van der Waals surface area (Å²) in [7, 11) is -3.97. The highest BCUT2D eigenvalue weighted by molar-refractivity contribution is 7.99. The monoisotopic (exact) mass is 651 g/mol. The summed E-state index contributed by atoms with van der Waals surface area (Å²) in [6.07, 6.45) is 0. The smallest absolute Gasteiger partial charge is 0.181 e. The summed E-state index contributed by atoms with van der Waals surface area (Å²) < 4.78 is 48.2. The normalized spacial score (nSPS) is 12.4. The van der Waals surface area contributed by atoms with Crippen LogP contribution in [-0.2, 0) is 20.6 Å². The number of sulfone groups is 1. The minimum Gasteiger partial charge on any atom is -0.254 e. The fourth-order valence-corrected chi connectivity index (χ4v) is 10.4. The van der Waals surface area contributed by atoms with Crippen molar-refractivity contribution >= 4 is 67.0 Å². The zero-order valence-electron chi connectivity index (χ0n) is 25.4. The predicted octanol–water partition coefficient (Wildman–Crippen LogP) is 8.76. The maximum absolute atomic E-state index is 11.8. The molecule has 0 saturated heterocycles. The van der Waals surface area contributed by atoms with Gasteiger partial charge in [-0.05, 0) is 78.9 Å². The average molecular weight is 652 g/mol. The number of thioether (sulfide) groups is 1. The van der Waals surface area contributed by atoms with Gasteiger partial charge in [0.25, 0.3) is 0 Å². The molecule has 3 aromatic heterocycles. The Kier molecular flexibility index (Phi) is 15.6. The summed E-state index contributed by atoms with van der Waals surface area (Å²) in [6, 6.07) is 0. The number of hydrogen-bond acceptors (Lipinski definition) is 10. The molecule has 1 unspecified atom stereocenters. The highest BCUT2D eigenvalue weighted by Gasteiger charge is 2.24. The van der Waals surface area contributed by atoms with Gasteiger partial charge in [-0.15, -0.1) is 11.8 Å². The molecular weight excluding hydrogens is 607 g/mol. The predicted molar refractivity (Wildman–Crippen MR) is 174 cm³/mol. The zero-order chi connectivity index (χ0) is 30.1. The maximum atomic E-state index is 11.8. The number of rotatable bonds is 9. The molecule has 0 aromatic carbocycles. The lowest BCUT2D eigenvalue weighted by Crippen LogP contribution is -2.08. The molecule has 3 aromatic rings. The van der Waals surface area contributed by atoms with Gasteiger partial charge in [-0.25, -0.2) is 8.42 Å². The first kappa shape index (κ1) is 36.4. The van der Waals surface area contributed by atoms with Gasteiger partial charge in [0.15, 0.2) is 9.84 Å². The quantitative estimate of drug-likeness (QED) is 0.214. The second kappa shape index (κ2) is 16.7. The highest BCUT2D eigenvalue weighted by Crippen LogP contribution is 2.33. The molecule has 0 saturated carbocycles. The van der Waals surface area contributed by atoms with Crippen molar-refractivity contribution in [3.8, 4) is 0 Å². The Morgan fingerprint density at radius 3 is 1.67 bits per heavy atom. The van der Waals surface area contributed by atoms with Crippen LogP contribution in [0.2, 0.25) is 0 Å². The lowest BCUT2D eigenvalue weighted by molar-refractivity contribution is 0.594. The molecular formula is C27H45N3O3S6. The van der Waals surface area contributed by atoms with Crippen LogP contribution in [0.1, 0.15) is 112 Å². The fraction of sp³-hybridized carbons (Fsp3) is 0.667. The summed E-state index contributed by atoms with van der Waals surface area (Å²) in [4.78, 5) is 6.12. The van der Waals surface area contributed by atoms with Gasteiger partial charge in [0.1, 0.15) is 4.90 Å². The maximum Gasteiger partial charge on any atom is 0.181 e. The fourth-order valence-electron chi connectivity index (χ4n) is 3.51. The molecule has 0 aliphatic heterocycles. The molecule has 222 valence electrons. The molecule has 3 heterocycles. The Hall–Kier alpha value is -0.660. The molecule has 0 amide bonds. The Bertz CT molecular complexity index is 1300. The summed E-state index contributed by atoms with van der Waals surface area (Å²) in [5, 5.41) is 0. The number of aryl methyl sites for hydroxylation is 3. The third-order valence-corrected chi connectivity index (χ3v) is 12.8. The van der Waals surface area contributed by atoms with Crippen LogP contribution in [0.15, 0.2) is 14.7 Å². The third kappa shape index (κ3) is 9.99. The second-order valence-corrected chi connectivity index (χ2v) is 17.9. The van der Waals surface area contributed by atoms with Crippen molar-refractivity contribution in [3.05, 3.63) is 31.7 Å². The minimum absolute atomic E-state index is 0.145. The molecule has 12 heteroatoms.